The van der Waals surface area contributed by atoms with E-state index in [1.165, 1.54) is 0 Å². The van der Waals surface area contributed by atoms with Crippen molar-refractivity contribution in [1.82, 2.24) is 0 Å². The molecule has 0 aromatic rings. The minimum Gasteiger partial charge on any atom is -0.394 e. The Morgan fingerprint density at radius 1 is 1.18 bits per heavy atom. The van der Waals surface area contributed by atoms with Gasteiger partial charge in [-0.15, -0.1) is 0 Å². The molecule has 1 saturated heterocycles. The molecule has 0 radical (unpaired) electrons. The average molecular weight is 164 g/mol. The lowest BCUT2D eigenvalue weighted by molar-refractivity contribution is -0.195. The van der Waals surface area contributed by atoms with Gasteiger partial charge in [0.2, 0.25) is 0 Å². The molecule has 4 N–H and O–H groups in total. The van der Waals surface area contributed by atoms with Crippen molar-refractivity contribution in [3.8, 4) is 0 Å². The standard InChI is InChI=1S/C6H12O5/c7-1-4-6(10)5(9)3(8)2-11-4/h3-10H,1-2H2/t3-,4+,5?,6-/m1/s1. The zero-order chi connectivity index (χ0) is 8.43. The van der Waals surface area contributed by atoms with Crippen LogP contribution in [0, 0.1) is 0 Å². The van der Waals surface area contributed by atoms with Gasteiger partial charge in [0, 0.05) is 0 Å². The molecule has 1 heterocycles. The predicted octanol–water partition coefficient (Wildman–Crippen LogP) is -2.54. The fraction of sp³-hybridized carbons (Fsp3) is 1.00. The number of ether oxygens (including phenoxy) is 1. The molecule has 5 heteroatoms. The molecular weight excluding hydrogens is 152 g/mol. The minimum atomic E-state index is -1.22. The Morgan fingerprint density at radius 3 is 2.36 bits per heavy atom. The molecule has 0 aromatic carbocycles. The topological polar surface area (TPSA) is 90.2 Å². The fourth-order valence-electron chi connectivity index (χ4n) is 1.03. The highest BCUT2D eigenvalue weighted by Crippen LogP contribution is 2.14. The van der Waals surface area contributed by atoms with E-state index in [1.807, 2.05) is 0 Å². The third kappa shape index (κ3) is 1.69. The summed E-state index contributed by atoms with van der Waals surface area (Å²) in [5.74, 6) is 0. The van der Waals surface area contributed by atoms with E-state index in [2.05, 4.69) is 0 Å². The Bertz CT molecular complexity index is 126. The molecule has 1 rings (SSSR count). The van der Waals surface area contributed by atoms with Crippen LogP contribution in [0.15, 0.2) is 0 Å². The van der Waals surface area contributed by atoms with Gasteiger partial charge in [0.1, 0.15) is 24.4 Å². The van der Waals surface area contributed by atoms with Gasteiger partial charge in [-0.3, -0.25) is 0 Å². The van der Waals surface area contributed by atoms with Crippen LogP contribution >= 0.6 is 0 Å². The number of hydrogen-bond donors (Lipinski definition) is 4. The summed E-state index contributed by atoms with van der Waals surface area (Å²) in [6, 6.07) is 0. The van der Waals surface area contributed by atoms with Crippen molar-refractivity contribution in [2.24, 2.45) is 0 Å². The van der Waals surface area contributed by atoms with Crippen molar-refractivity contribution >= 4 is 0 Å². The lowest BCUT2D eigenvalue weighted by atomic mass is 10.0. The zero-order valence-corrected chi connectivity index (χ0v) is 5.92. The van der Waals surface area contributed by atoms with Gasteiger partial charge >= 0.3 is 0 Å². The highest BCUT2D eigenvalue weighted by molar-refractivity contribution is 4.85. The van der Waals surface area contributed by atoms with E-state index in [9.17, 15) is 0 Å². The van der Waals surface area contributed by atoms with Gasteiger partial charge in [-0.1, -0.05) is 0 Å². The number of aliphatic hydroxyl groups excluding tert-OH is 4. The summed E-state index contributed by atoms with van der Waals surface area (Å²) < 4.78 is 4.81. The van der Waals surface area contributed by atoms with E-state index in [-0.39, 0.29) is 13.2 Å². The number of rotatable bonds is 1. The van der Waals surface area contributed by atoms with Crippen molar-refractivity contribution in [3.63, 3.8) is 0 Å². The summed E-state index contributed by atoms with van der Waals surface area (Å²) in [7, 11) is 0. The van der Waals surface area contributed by atoms with Crippen molar-refractivity contribution in [2.75, 3.05) is 13.2 Å². The van der Waals surface area contributed by atoms with Crippen LogP contribution in [0.25, 0.3) is 0 Å². The second kappa shape index (κ2) is 3.46. The minimum absolute atomic E-state index is 0.0521. The number of hydrogen-bond acceptors (Lipinski definition) is 5. The molecule has 11 heavy (non-hydrogen) atoms. The molecule has 0 amide bonds. The summed E-state index contributed by atoms with van der Waals surface area (Å²) in [4.78, 5) is 0. The Labute approximate surface area is 63.8 Å². The van der Waals surface area contributed by atoms with E-state index in [0.29, 0.717) is 0 Å². The molecule has 0 spiro atoms. The Morgan fingerprint density at radius 2 is 1.82 bits per heavy atom. The quantitative estimate of drug-likeness (QED) is 0.343. The summed E-state index contributed by atoms with van der Waals surface area (Å²) in [5.41, 5.74) is 0. The monoisotopic (exact) mass is 164 g/mol. The number of aliphatic hydroxyl groups is 4. The van der Waals surface area contributed by atoms with E-state index in [1.54, 1.807) is 0 Å². The van der Waals surface area contributed by atoms with Crippen molar-refractivity contribution < 1.29 is 25.2 Å². The van der Waals surface area contributed by atoms with Crippen LogP contribution in [0.2, 0.25) is 0 Å². The van der Waals surface area contributed by atoms with Gasteiger partial charge in [0.25, 0.3) is 0 Å². The first-order valence-corrected chi connectivity index (χ1v) is 3.43. The SMILES string of the molecule is OC[C@@H]1OC[C@@H](O)C(O)[C@@H]1O. The lowest BCUT2D eigenvalue weighted by Gasteiger charge is -2.34. The molecule has 66 valence electrons. The van der Waals surface area contributed by atoms with Gasteiger partial charge in [0.15, 0.2) is 0 Å². The third-order valence-corrected chi connectivity index (χ3v) is 1.79. The molecule has 5 nitrogen and oxygen atoms in total. The van der Waals surface area contributed by atoms with Gasteiger partial charge in [-0.25, -0.2) is 0 Å². The Hall–Kier alpha value is -0.200. The second-order valence-corrected chi connectivity index (χ2v) is 2.60. The summed E-state index contributed by atoms with van der Waals surface area (Å²) in [6.45, 7) is -0.408. The molecule has 4 atom stereocenters. The molecule has 1 aliphatic rings. The lowest BCUT2D eigenvalue weighted by Crippen LogP contribution is -2.53. The molecule has 1 unspecified atom stereocenters. The molecule has 0 saturated carbocycles. The highest BCUT2D eigenvalue weighted by atomic mass is 16.5. The first-order chi connectivity index (χ1) is 5.16. The predicted molar refractivity (Wildman–Crippen MR) is 34.8 cm³/mol. The molecule has 1 fully saturated rings. The largest absolute Gasteiger partial charge is 0.394 e. The van der Waals surface area contributed by atoms with E-state index >= 15 is 0 Å². The van der Waals surface area contributed by atoms with Crippen LogP contribution < -0.4 is 0 Å². The molecule has 0 aliphatic carbocycles. The zero-order valence-electron chi connectivity index (χ0n) is 5.92. The summed E-state index contributed by atoms with van der Waals surface area (Å²) >= 11 is 0. The summed E-state index contributed by atoms with van der Waals surface area (Å²) in [6.07, 6.45) is -4.27. The first kappa shape index (κ1) is 8.89. The van der Waals surface area contributed by atoms with Gasteiger partial charge < -0.3 is 25.2 Å². The van der Waals surface area contributed by atoms with Gasteiger partial charge in [-0.2, -0.15) is 0 Å². The van der Waals surface area contributed by atoms with E-state index in [4.69, 9.17) is 25.2 Å². The highest BCUT2D eigenvalue weighted by Gasteiger charge is 2.36. The van der Waals surface area contributed by atoms with Crippen LogP contribution in [0.5, 0.6) is 0 Å². The summed E-state index contributed by atoms with van der Waals surface area (Å²) in [5, 5.41) is 35.7. The Balaban J connectivity index is 2.52. The fourth-order valence-corrected chi connectivity index (χ4v) is 1.03. The van der Waals surface area contributed by atoms with Crippen LogP contribution in [-0.2, 0) is 4.74 Å². The normalized spacial score (nSPS) is 45.8. The van der Waals surface area contributed by atoms with Gasteiger partial charge in [-0.05, 0) is 0 Å². The first-order valence-electron chi connectivity index (χ1n) is 3.43. The van der Waals surface area contributed by atoms with Crippen LogP contribution in [0.4, 0.5) is 0 Å². The molecule has 0 bridgehead atoms. The molecule has 0 aromatic heterocycles. The van der Waals surface area contributed by atoms with Crippen molar-refractivity contribution in [2.45, 2.75) is 24.4 Å². The van der Waals surface area contributed by atoms with E-state index < -0.39 is 24.4 Å². The maximum atomic E-state index is 9.11. The Kier molecular flexibility index (Phi) is 2.80. The molecule has 1 aliphatic heterocycles. The van der Waals surface area contributed by atoms with Crippen molar-refractivity contribution in [1.29, 1.82) is 0 Å². The van der Waals surface area contributed by atoms with E-state index in [0.717, 1.165) is 0 Å². The maximum absolute atomic E-state index is 9.11. The van der Waals surface area contributed by atoms with Crippen LogP contribution in [0.3, 0.4) is 0 Å². The van der Waals surface area contributed by atoms with Gasteiger partial charge in [0.05, 0.1) is 13.2 Å². The van der Waals surface area contributed by atoms with Crippen molar-refractivity contribution in [3.05, 3.63) is 0 Å². The average Bonchev–Trinajstić information content (AvgIpc) is 2.01. The van der Waals surface area contributed by atoms with Crippen LogP contribution in [-0.4, -0.2) is 58.1 Å². The second-order valence-electron chi connectivity index (χ2n) is 2.60. The molecular formula is C6H12O5. The van der Waals surface area contributed by atoms with Crippen LogP contribution in [0.1, 0.15) is 0 Å². The maximum Gasteiger partial charge on any atom is 0.111 e. The third-order valence-electron chi connectivity index (χ3n) is 1.79. The smallest absolute Gasteiger partial charge is 0.111 e.